The first-order valence-electron chi connectivity index (χ1n) is 11.0. The van der Waals surface area contributed by atoms with E-state index in [1.54, 1.807) is 44.0 Å². The first kappa shape index (κ1) is 24.8. The quantitative estimate of drug-likeness (QED) is 0.439. The number of carbonyl (C=O) groups excluding carboxylic acids is 1. The zero-order valence-electron chi connectivity index (χ0n) is 19.7. The van der Waals surface area contributed by atoms with E-state index in [2.05, 4.69) is 27.1 Å². The van der Waals surface area contributed by atoms with Crippen LogP contribution in [0.4, 0.5) is 13.2 Å². The van der Waals surface area contributed by atoms with Crippen molar-refractivity contribution in [1.29, 1.82) is 0 Å². The maximum absolute atomic E-state index is 13.4. The topological polar surface area (TPSA) is 93.5 Å². The van der Waals surface area contributed by atoms with Crippen molar-refractivity contribution in [3.8, 4) is 11.5 Å². The molecule has 188 valence electrons. The first-order valence-corrected chi connectivity index (χ1v) is 11.0. The molecule has 12 heteroatoms. The number of pyridine rings is 1. The molecule has 0 atom stereocenters. The lowest BCUT2D eigenvalue weighted by Gasteiger charge is -2.29. The average Bonchev–Trinajstić information content (AvgIpc) is 3.60. The van der Waals surface area contributed by atoms with Crippen LogP contribution < -0.4 is 5.32 Å². The van der Waals surface area contributed by atoms with Crippen molar-refractivity contribution in [2.24, 2.45) is 7.05 Å². The van der Waals surface area contributed by atoms with Crippen LogP contribution in [0.15, 0.2) is 71.5 Å². The summed E-state index contributed by atoms with van der Waals surface area (Å²) in [6.45, 7) is 6.20. The summed E-state index contributed by atoms with van der Waals surface area (Å²) in [4.78, 5) is 18.1. The Kier molecular flexibility index (Phi) is 7.23. The third-order valence-corrected chi connectivity index (χ3v) is 5.53. The van der Waals surface area contributed by atoms with Gasteiger partial charge >= 0.3 is 0 Å². The lowest BCUT2D eigenvalue weighted by molar-refractivity contribution is 0.0715. The van der Waals surface area contributed by atoms with Gasteiger partial charge in [0.1, 0.15) is 11.3 Å². The third-order valence-electron chi connectivity index (χ3n) is 5.53. The number of rotatable bonds is 5. The van der Waals surface area contributed by atoms with E-state index in [9.17, 15) is 18.0 Å². The van der Waals surface area contributed by atoms with Crippen LogP contribution >= 0.6 is 0 Å². The van der Waals surface area contributed by atoms with Gasteiger partial charge in [-0.05, 0) is 36.9 Å². The monoisotopic (exact) mass is 499 g/mol. The Morgan fingerprint density at radius 1 is 1.31 bits per heavy atom. The molecule has 1 N–H and O–H groups in total. The van der Waals surface area contributed by atoms with Gasteiger partial charge in [0.15, 0.2) is 5.69 Å². The lowest BCUT2D eigenvalue weighted by atomic mass is 10.1. The van der Waals surface area contributed by atoms with Crippen molar-refractivity contribution in [2.45, 2.75) is 19.8 Å². The number of alkyl halides is 2. The molecule has 0 bridgehead atoms. The number of hydrogen-bond donors (Lipinski definition) is 1. The van der Waals surface area contributed by atoms with Crippen LogP contribution in [0.5, 0.6) is 0 Å². The van der Waals surface area contributed by atoms with Crippen molar-refractivity contribution in [1.82, 2.24) is 34.6 Å². The van der Waals surface area contributed by atoms with Crippen LogP contribution in [0.25, 0.3) is 17.0 Å². The number of hydrogen-bond acceptors (Lipinski definition) is 6. The Hall–Kier alpha value is -4.35. The van der Waals surface area contributed by atoms with E-state index in [1.807, 2.05) is 6.92 Å². The molecule has 0 fully saturated rings. The number of nitrogens with one attached hydrogen (secondary N) is 1. The fourth-order valence-electron chi connectivity index (χ4n) is 3.76. The Balaban J connectivity index is 0.000000251. The molecule has 1 aliphatic rings. The number of aryl methyl sites for hydroxylation is 1. The van der Waals surface area contributed by atoms with Gasteiger partial charge in [0.2, 0.25) is 11.7 Å². The van der Waals surface area contributed by atoms with Crippen LogP contribution in [-0.2, 0) is 7.05 Å². The summed E-state index contributed by atoms with van der Waals surface area (Å²) in [7, 11) is 1.68. The van der Waals surface area contributed by atoms with Crippen LogP contribution in [0.3, 0.4) is 0 Å². The standard InChI is InChI=1S/C17H19F2N5O2.C7H5FN2/c1-4-20-12-5-6-24(8-10(12)2)17(25)14-13(15(18)19)22-16(26-14)11-7-21-23(3)9-11;8-6-2-1-5-10-7(6)3-4-9-10/h4,7,9,15,20H,1,5-6,8H2,2-3H3;1-5H. The van der Waals surface area contributed by atoms with E-state index >= 15 is 0 Å². The predicted octanol–water partition coefficient (Wildman–Crippen LogP) is 4.34. The minimum atomic E-state index is -2.91. The number of halogens is 3. The zero-order chi connectivity index (χ0) is 25.8. The molecule has 4 aromatic rings. The van der Waals surface area contributed by atoms with Crippen molar-refractivity contribution in [3.05, 3.63) is 84.3 Å². The molecule has 1 aliphatic heterocycles. The van der Waals surface area contributed by atoms with Gasteiger partial charge < -0.3 is 14.6 Å². The lowest BCUT2D eigenvalue weighted by Crippen LogP contribution is -2.38. The van der Waals surface area contributed by atoms with Gasteiger partial charge in [-0.25, -0.2) is 22.7 Å². The molecular weight excluding hydrogens is 475 g/mol. The summed E-state index contributed by atoms with van der Waals surface area (Å²) in [5.41, 5.74) is 2.22. The van der Waals surface area contributed by atoms with Gasteiger partial charge in [-0.2, -0.15) is 10.2 Å². The molecular formula is C24H24F3N7O2. The molecule has 9 nitrogen and oxygen atoms in total. The second-order valence-electron chi connectivity index (χ2n) is 8.04. The molecule has 5 heterocycles. The van der Waals surface area contributed by atoms with Crippen molar-refractivity contribution in [2.75, 3.05) is 13.1 Å². The average molecular weight is 499 g/mol. The van der Waals surface area contributed by atoms with E-state index in [-0.39, 0.29) is 11.7 Å². The Labute approximate surface area is 204 Å². The molecule has 4 aromatic heterocycles. The normalized spacial score (nSPS) is 13.7. The smallest absolute Gasteiger partial charge is 0.292 e. The number of nitrogens with zero attached hydrogens (tertiary/aromatic N) is 6. The van der Waals surface area contributed by atoms with Crippen LogP contribution in [0, 0.1) is 5.82 Å². The van der Waals surface area contributed by atoms with Crippen LogP contribution in [-0.4, -0.2) is 48.3 Å². The second kappa shape index (κ2) is 10.5. The van der Waals surface area contributed by atoms with E-state index < -0.39 is 23.8 Å². The van der Waals surface area contributed by atoms with Gasteiger partial charge in [0, 0.05) is 44.6 Å². The third kappa shape index (κ3) is 5.16. The highest BCUT2D eigenvalue weighted by Gasteiger charge is 2.32. The minimum absolute atomic E-state index is 0.0463. The molecule has 0 aliphatic carbocycles. The van der Waals surface area contributed by atoms with E-state index in [0.717, 1.165) is 11.3 Å². The fourth-order valence-corrected chi connectivity index (χ4v) is 3.76. The summed E-state index contributed by atoms with van der Waals surface area (Å²) in [6, 6.07) is 4.67. The first-order chi connectivity index (χ1) is 17.3. The molecule has 36 heavy (non-hydrogen) atoms. The summed E-state index contributed by atoms with van der Waals surface area (Å²) >= 11 is 0. The Bertz CT molecular complexity index is 1420. The largest absolute Gasteiger partial charge is 0.430 e. The Morgan fingerprint density at radius 3 is 2.75 bits per heavy atom. The van der Waals surface area contributed by atoms with E-state index in [1.165, 1.54) is 26.4 Å². The van der Waals surface area contributed by atoms with Crippen molar-refractivity contribution >= 4 is 11.4 Å². The highest BCUT2D eigenvalue weighted by molar-refractivity contribution is 5.93. The SMILES string of the molecule is C=CNC1=C(C)CN(C(=O)c2oc(-c3cnn(C)c3)nc2C(F)F)CC1.Fc1cccn2nccc12. The van der Waals surface area contributed by atoms with Crippen LogP contribution in [0.1, 0.15) is 36.0 Å². The van der Waals surface area contributed by atoms with E-state index in [0.29, 0.717) is 30.6 Å². The summed E-state index contributed by atoms with van der Waals surface area (Å²) in [5, 5.41) is 10.8. The molecule has 0 saturated carbocycles. The number of oxazole rings is 1. The number of carbonyl (C=O) groups is 1. The molecule has 0 spiro atoms. The second-order valence-corrected chi connectivity index (χ2v) is 8.04. The van der Waals surface area contributed by atoms with Gasteiger partial charge in [0.25, 0.3) is 12.3 Å². The van der Waals surface area contributed by atoms with Crippen molar-refractivity contribution < 1.29 is 22.4 Å². The maximum atomic E-state index is 13.4. The maximum Gasteiger partial charge on any atom is 0.292 e. The molecule has 5 rings (SSSR count). The fraction of sp³-hybridized carbons (Fsp3) is 0.250. The summed E-state index contributed by atoms with van der Waals surface area (Å²) in [6.07, 6.45) is 5.53. The highest BCUT2D eigenvalue weighted by Crippen LogP contribution is 2.30. The number of amides is 1. The number of fused-ring (bicyclic) bond motifs is 1. The predicted molar refractivity (Wildman–Crippen MR) is 125 cm³/mol. The van der Waals surface area contributed by atoms with Gasteiger partial charge in [0.05, 0.1) is 18.0 Å². The highest BCUT2D eigenvalue weighted by atomic mass is 19.3. The summed E-state index contributed by atoms with van der Waals surface area (Å²) in [5.74, 6) is -1.30. The molecule has 1 amide bonds. The van der Waals surface area contributed by atoms with E-state index in [4.69, 9.17) is 4.42 Å². The molecule has 0 unspecified atom stereocenters. The van der Waals surface area contributed by atoms with Crippen molar-refractivity contribution in [3.63, 3.8) is 0 Å². The van der Waals surface area contributed by atoms with Gasteiger partial charge in [-0.15, -0.1) is 0 Å². The Morgan fingerprint density at radius 2 is 2.11 bits per heavy atom. The molecule has 0 saturated heterocycles. The number of aromatic nitrogens is 5. The zero-order valence-corrected chi connectivity index (χ0v) is 19.7. The van der Waals surface area contributed by atoms with Gasteiger partial charge in [-0.3, -0.25) is 9.48 Å². The minimum Gasteiger partial charge on any atom is -0.430 e. The van der Waals surface area contributed by atoms with Crippen LogP contribution in [0.2, 0.25) is 0 Å². The van der Waals surface area contributed by atoms with Gasteiger partial charge in [-0.1, -0.05) is 6.58 Å². The molecule has 0 aromatic carbocycles. The molecule has 0 radical (unpaired) electrons. The summed E-state index contributed by atoms with van der Waals surface area (Å²) < 4.78 is 47.9.